The molecule has 16 nitrogen and oxygen atoms in total. The molecule has 1 aromatic rings. The molecule has 3 aliphatic rings. The first kappa shape index (κ1) is 39.2. The third-order valence-electron chi connectivity index (χ3n) is 9.57. The van der Waals surface area contributed by atoms with Gasteiger partial charge in [-0.25, -0.2) is 9.59 Å². The number of hydrogen-bond acceptors (Lipinski definition) is 12. The fourth-order valence-corrected chi connectivity index (χ4v) is 6.88. The quantitative estimate of drug-likeness (QED) is 0.176. The molecule has 4 rings (SSSR count). The average Bonchev–Trinajstić information content (AvgIpc) is 3.47. The Kier molecular flexibility index (Phi) is 12.4. The summed E-state index contributed by atoms with van der Waals surface area (Å²) in [4.78, 5) is 56.3. The molecule has 7 atom stereocenters. The van der Waals surface area contributed by atoms with E-state index in [1.807, 2.05) is 25.1 Å². The second-order valence-corrected chi connectivity index (χ2v) is 14.8. The number of hydrogen-bond donors (Lipinski definition) is 6. The zero-order valence-electron chi connectivity index (χ0n) is 29.8. The van der Waals surface area contributed by atoms with Gasteiger partial charge in [-0.15, -0.1) is 0 Å². The molecule has 0 saturated carbocycles. The van der Waals surface area contributed by atoms with Crippen molar-refractivity contribution in [3.63, 3.8) is 0 Å². The summed E-state index contributed by atoms with van der Waals surface area (Å²) in [6.07, 6.45) is -6.92. The minimum absolute atomic E-state index is 0.126. The molecule has 50 heavy (non-hydrogen) atoms. The summed E-state index contributed by atoms with van der Waals surface area (Å²) >= 11 is 0. The number of aliphatic hydroxyl groups is 3. The van der Waals surface area contributed by atoms with Crippen LogP contribution in [0.5, 0.6) is 0 Å². The van der Waals surface area contributed by atoms with Crippen molar-refractivity contribution in [2.75, 3.05) is 64.9 Å². The Morgan fingerprint density at radius 2 is 1.88 bits per heavy atom. The highest BCUT2D eigenvalue weighted by atomic mass is 16.6. The lowest BCUT2D eigenvalue weighted by Crippen LogP contribution is -2.68. The Balaban J connectivity index is 1.50. The van der Waals surface area contributed by atoms with Gasteiger partial charge in [-0.05, 0) is 45.4 Å². The van der Waals surface area contributed by atoms with Gasteiger partial charge in [0.05, 0.1) is 37.0 Å². The standard InChI is InChI=1S/C34H53N5O11/c1-21(40)36-26-24(41)17-34(30(45)46,11-13-39-14-15-48-20-33(39)10-12-38(19-33)31(47)50-32(2,3)4)49-28(26)27(43)25(42)18-35-29(44)22-8-7-9-23(16-22)37(5)6/h7-9,16,24-28,41-43H,10-15,17-20H2,1-6H3,(H,35,44)(H,36,40)(H,45,46)/t24-,25+,26+,27+,28+,33-,34+/m0/s1. The van der Waals surface area contributed by atoms with Gasteiger partial charge in [-0.2, -0.15) is 0 Å². The number of carbonyl (C=O) groups excluding carboxylic acids is 3. The maximum Gasteiger partial charge on any atom is 0.410 e. The molecule has 3 heterocycles. The third-order valence-corrected chi connectivity index (χ3v) is 9.57. The van der Waals surface area contributed by atoms with E-state index in [-0.39, 0.29) is 13.0 Å². The van der Waals surface area contributed by atoms with Gasteiger partial charge in [0, 0.05) is 77.8 Å². The van der Waals surface area contributed by atoms with E-state index in [0.29, 0.717) is 44.8 Å². The molecule has 280 valence electrons. The number of anilines is 1. The molecule has 0 unspecified atom stereocenters. The van der Waals surface area contributed by atoms with Crippen LogP contribution in [0.1, 0.15) is 57.3 Å². The van der Waals surface area contributed by atoms with E-state index in [0.717, 1.165) is 5.69 Å². The molecule has 3 amide bonds. The second kappa shape index (κ2) is 15.8. The third kappa shape index (κ3) is 9.22. The number of morpholine rings is 1. The molecule has 3 fully saturated rings. The lowest BCUT2D eigenvalue weighted by Gasteiger charge is -2.49. The monoisotopic (exact) mass is 707 g/mol. The van der Waals surface area contributed by atoms with E-state index in [2.05, 4.69) is 15.5 Å². The Morgan fingerprint density at radius 1 is 1.16 bits per heavy atom. The molecule has 3 saturated heterocycles. The zero-order valence-corrected chi connectivity index (χ0v) is 29.8. The number of benzene rings is 1. The topological polar surface area (TPSA) is 211 Å². The van der Waals surface area contributed by atoms with Crippen LogP contribution in [0.4, 0.5) is 10.5 Å². The maximum atomic E-state index is 13.0. The normalized spacial score (nSPS) is 28.5. The van der Waals surface area contributed by atoms with E-state index in [4.69, 9.17) is 14.2 Å². The summed E-state index contributed by atoms with van der Waals surface area (Å²) in [6, 6.07) is 5.52. The lowest BCUT2D eigenvalue weighted by atomic mass is 9.81. The smallest absolute Gasteiger partial charge is 0.410 e. The van der Waals surface area contributed by atoms with Crippen molar-refractivity contribution >= 4 is 29.6 Å². The van der Waals surface area contributed by atoms with Crippen molar-refractivity contribution in [2.24, 2.45) is 0 Å². The average molecular weight is 708 g/mol. The molecule has 0 radical (unpaired) electrons. The van der Waals surface area contributed by atoms with E-state index < -0.39 is 84.0 Å². The Morgan fingerprint density at radius 3 is 2.52 bits per heavy atom. The Hall–Kier alpha value is -3.54. The van der Waals surface area contributed by atoms with E-state index in [1.54, 1.807) is 43.9 Å². The summed E-state index contributed by atoms with van der Waals surface area (Å²) in [5.41, 5.74) is -2.18. The SMILES string of the molecule is CC(=O)N[C@H]1[C@H]([C@H](O)[C@H](O)CNC(=O)c2cccc(N(C)C)c2)O[C@@](CCN2CCOC[C@@]23CCN(C(=O)OC(C)(C)C)C3)(C(=O)O)C[C@@H]1O. The Bertz CT molecular complexity index is 1390. The fourth-order valence-electron chi connectivity index (χ4n) is 6.88. The van der Waals surface area contributed by atoms with Crippen LogP contribution in [0.25, 0.3) is 0 Å². The summed E-state index contributed by atoms with van der Waals surface area (Å²) in [7, 11) is 3.65. The van der Waals surface area contributed by atoms with Crippen LogP contribution in [-0.4, -0.2) is 161 Å². The number of carbonyl (C=O) groups is 4. The largest absolute Gasteiger partial charge is 0.479 e. The first-order valence-electron chi connectivity index (χ1n) is 17.0. The zero-order chi connectivity index (χ0) is 37.0. The number of rotatable bonds is 11. The van der Waals surface area contributed by atoms with Gasteiger partial charge in [-0.3, -0.25) is 14.5 Å². The van der Waals surface area contributed by atoms with Crippen LogP contribution in [0.3, 0.4) is 0 Å². The number of nitrogens with one attached hydrogen (secondary N) is 2. The van der Waals surface area contributed by atoms with E-state index in [9.17, 15) is 39.6 Å². The first-order valence-corrected chi connectivity index (χ1v) is 17.0. The highest BCUT2D eigenvalue weighted by molar-refractivity contribution is 5.95. The van der Waals surface area contributed by atoms with Crippen molar-refractivity contribution in [3.8, 4) is 0 Å². The van der Waals surface area contributed by atoms with Crippen LogP contribution < -0.4 is 15.5 Å². The lowest BCUT2D eigenvalue weighted by molar-refractivity contribution is -0.231. The van der Waals surface area contributed by atoms with E-state index >= 15 is 0 Å². The number of aliphatic carboxylic acids is 1. The van der Waals surface area contributed by atoms with Crippen molar-refractivity contribution in [3.05, 3.63) is 29.8 Å². The summed E-state index contributed by atoms with van der Waals surface area (Å²) < 4.78 is 17.5. The highest BCUT2D eigenvalue weighted by Crippen LogP contribution is 2.38. The number of carboxylic acid groups (broad SMARTS) is 1. The van der Waals surface area contributed by atoms with Gasteiger partial charge in [0.15, 0.2) is 5.60 Å². The van der Waals surface area contributed by atoms with Crippen LogP contribution >= 0.6 is 0 Å². The molecule has 0 aromatic heterocycles. The van der Waals surface area contributed by atoms with Crippen LogP contribution in [-0.2, 0) is 23.8 Å². The number of carboxylic acids is 1. The fraction of sp³-hybridized carbons (Fsp3) is 0.706. The van der Waals surface area contributed by atoms with Crippen molar-refractivity contribution in [2.45, 2.75) is 94.2 Å². The van der Waals surface area contributed by atoms with Crippen molar-refractivity contribution < 1.29 is 53.8 Å². The number of likely N-dealkylation sites (tertiary alicyclic amines) is 1. The Labute approximate surface area is 292 Å². The highest BCUT2D eigenvalue weighted by Gasteiger charge is 2.55. The molecular weight excluding hydrogens is 654 g/mol. The van der Waals surface area contributed by atoms with Crippen LogP contribution in [0.2, 0.25) is 0 Å². The molecule has 1 spiro atoms. The van der Waals surface area contributed by atoms with Crippen molar-refractivity contribution in [1.82, 2.24) is 20.4 Å². The number of amides is 3. The molecule has 0 bridgehead atoms. The predicted molar refractivity (Wildman–Crippen MR) is 181 cm³/mol. The minimum Gasteiger partial charge on any atom is -0.479 e. The van der Waals surface area contributed by atoms with Gasteiger partial charge >= 0.3 is 12.1 Å². The molecule has 6 N–H and O–H groups in total. The van der Waals surface area contributed by atoms with Crippen LogP contribution in [0.15, 0.2) is 24.3 Å². The molecule has 1 aromatic carbocycles. The molecule has 0 aliphatic carbocycles. The molecular formula is C34H53N5O11. The van der Waals surface area contributed by atoms with Gasteiger partial charge < -0.3 is 55.1 Å². The summed E-state index contributed by atoms with van der Waals surface area (Å²) in [5, 5.41) is 49.3. The minimum atomic E-state index is -2.02. The van der Waals surface area contributed by atoms with Crippen molar-refractivity contribution in [1.29, 1.82) is 0 Å². The van der Waals surface area contributed by atoms with Gasteiger partial charge in [-0.1, -0.05) is 6.07 Å². The second-order valence-electron chi connectivity index (χ2n) is 14.8. The predicted octanol–water partition coefficient (Wildman–Crippen LogP) is -0.216. The summed E-state index contributed by atoms with van der Waals surface area (Å²) in [6.45, 7) is 8.23. The molecule has 16 heteroatoms. The first-order chi connectivity index (χ1) is 23.4. The van der Waals surface area contributed by atoms with Crippen LogP contribution in [0, 0.1) is 0 Å². The molecule has 3 aliphatic heterocycles. The number of aliphatic hydroxyl groups excluding tert-OH is 3. The van der Waals surface area contributed by atoms with E-state index in [1.165, 1.54) is 6.92 Å². The number of nitrogens with zero attached hydrogens (tertiary/aromatic N) is 3. The maximum absolute atomic E-state index is 13.0. The number of ether oxygens (including phenoxy) is 3. The van der Waals surface area contributed by atoms with Gasteiger partial charge in [0.2, 0.25) is 5.91 Å². The summed E-state index contributed by atoms with van der Waals surface area (Å²) in [5.74, 6) is -2.46. The van der Waals surface area contributed by atoms with Gasteiger partial charge in [0.1, 0.15) is 17.8 Å². The van der Waals surface area contributed by atoms with Gasteiger partial charge in [0.25, 0.3) is 5.91 Å².